The number of nitrogens with one attached hydrogen (secondary N) is 1. The van der Waals surface area contributed by atoms with E-state index in [1.54, 1.807) is 29.5 Å². The van der Waals surface area contributed by atoms with Crippen molar-refractivity contribution in [3.63, 3.8) is 0 Å². The van der Waals surface area contributed by atoms with Crippen molar-refractivity contribution in [2.75, 3.05) is 6.54 Å². The van der Waals surface area contributed by atoms with Gasteiger partial charge in [0.05, 0.1) is 11.8 Å². The van der Waals surface area contributed by atoms with Crippen molar-refractivity contribution in [3.8, 4) is 11.4 Å². The predicted octanol–water partition coefficient (Wildman–Crippen LogP) is 0.950. The van der Waals surface area contributed by atoms with Crippen LogP contribution in [0, 0.1) is 0 Å². The van der Waals surface area contributed by atoms with E-state index in [0.717, 1.165) is 12.0 Å². The summed E-state index contributed by atoms with van der Waals surface area (Å²) in [7, 11) is 0. The Morgan fingerprint density at radius 3 is 2.74 bits per heavy atom. The van der Waals surface area contributed by atoms with Gasteiger partial charge in [0.25, 0.3) is 5.91 Å². The fraction of sp³-hybridized carbons (Fsp3) is 0.200. The second-order valence-corrected chi connectivity index (χ2v) is 4.81. The zero-order chi connectivity index (χ0) is 15.9. The molecule has 0 spiro atoms. The first kappa shape index (κ1) is 14.8. The van der Waals surface area contributed by atoms with Crippen LogP contribution in [0.15, 0.2) is 49.3 Å². The maximum Gasteiger partial charge on any atom is 0.254 e. The van der Waals surface area contributed by atoms with Crippen molar-refractivity contribution < 1.29 is 4.79 Å². The fourth-order valence-corrected chi connectivity index (χ4v) is 1.99. The summed E-state index contributed by atoms with van der Waals surface area (Å²) in [4.78, 5) is 24.4. The van der Waals surface area contributed by atoms with Gasteiger partial charge in [-0.3, -0.25) is 14.5 Å². The molecule has 3 aromatic rings. The van der Waals surface area contributed by atoms with Crippen LogP contribution in [0.2, 0.25) is 0 Å². The average molecular weight is 309 g/mol. The lowest BCUT2D eigenvalue weighted by Crippen LogP contribution is -2.25. The summed E-state index contributed by atoms with van der Waals surface area (Å²) < 4.78 is 1.72. The zero-order valence-corrected chi connectivity index (χ0v) is 12.3. The minimum atomic E-state index is -0.193. The van der Waals surface area contributed by atoms with E-state index < -0.39 is 0 Å². The molecule has 0 aliphatic rings. The standard InChI is InChI=1S/C15H15N7O/c23-15(17-5-2-7-22-8-6-20-21-22)13-10-18-14(19-11-13)12-3-1-4-16-9-12/h1,3-4,6,8-11H,2,5,7H2,(H,17,23). The van der Waals surface area contributed by atoms with Crippen LogP contribution >= 0.6 is 0 Å². The Kier molecular flexibility index (Phi) is 4.63. The van der Waals surface area contributed by atoms with Crippen LogP contribution in [0.1, 0.15) is 16.8 Å². The Morgan fingerprint density at radius 2 is 2.04 bits per heavy atom. The highest BCUT2D eigenvalue weighted by Crippen LogP contribution is 2.11. The molecule has 0 saturated carbocycles. The van der Waals surface area contributed by atoms with Gasteiger partial charge < -0.3 is 5.32 Å². The highest BCUT2D eigenvalue weighted by molar-refractivity contribution is 5.93. The second-order valence-electron chi connectivity index (χ2n) is 4.81. The monoisotopic (exact) mass is 309 g/mol. The Balaban J connectivity index is 1.51. The number of hydrogen-bond acceptors (Lipinski definition) is 6. The van der Waals surface area contributed by atoms with Crippen LogP contribution in [0.5, 0.6) is 0 Å². The maximum atomic E-state index is 12.0. The lowest BCUT2D eigenvalue weighted by Gasteiger charge is -2.05. The third-order valence-electron chi connectivity index (χ3n) is 3.16. The molecule has 0 aromatic carbocycles. The van der Waals surface area contributed by atoms with E-state index in [9.17, 15) is 4.79 Å². The predicted molar refractivity (Wildman–Crippen MR) is 82.2 cm³/mol. The molecule has 3 rings (SSSR count). The number of rotatable bonds is 6. The van der Waals surface area contributed by atoms with Gasteiger partial charge in [-0.05, 0) is 18.6 Å². The minimum Gasteiger partial charge on any atom is -0.352 e. The summed E-state index contributed by atoms with van der Waals surface area (Å²) in [6.45, 7) is 1.25. The third kappa shape index (κ3) is 3.94. The third-order valence-corrected chi connectivity index (χ3v) is 3.16. The highest BCUT2D eigenvalue weighted by Gasteiger charge is 2.07. The summed E-state index contributed by atoms with van der Waals surface area (Å²) in [5.41, 5.74) is 1.24. The van der Waals surface area contributed by atoms with Crippen molar-refractivity contribution >= 4 is 5.91 Å². The molecule has 8 nitrogen and oxygen atoms in total. The van der Waals surface area contributed by atoms with Gasteiger partial charge in [-0.15, -0.1) is 5.10 Å². The van der Waals surface area contributed by atoms with Crippen LogP contribution in [-0.4, -0.2) is 42.4 Å². The van der Waals surface area contributed by atoms with Crippen LogP contribution in [0.4, 0.5) is 0 Å². The summed E-state index contributed by atoms with van der Waals surface area (Å²) in [5.74, 6) is 0.349. The topological polar surface area (TPSA) is 98.5 Å². The van der Waals surface area contributed by atoms with Gasteiger partial charge in [0, 0.05) is 49.6 Å². The molecule has 0 saturated heterocycles. The maximum absolute atomic E-state index is 12.0. The Hall–Kier alpha value is -3.16. The van der Waals surface area contributed by atoms with E-state index in [4.69, 9.17) is 0 Å². The van der Waals surface area contributed by atoms with Gasteiger partial charge in [0.1, 0.15) is 0 Å². The molecule has 116 valence electrons. The molecular weight excluding hydrogens is 294 g/mol. The van der Waals surface area contributed by atoms with E-state index in [1.807, 2.05) is 12.1 Å². The smallest absolute Gasteiger partial charge is 0.254 e. The summed E-state index contributed by atoms with van der Waals surface area (Å²) in [6, 6.07) is 3.68. The fourth-order valence-electron chi connectivity index (χ4n) is 1.99. The van der Waals surface area contributed by atoms with Crippen molar-refractivity contribution in [2.45, 2.75) is 13.0 Å². The molecular formula is C15H15N7O. The van der Waals surface area contributed by atoms with Crippen molar-refractivity contribution in [2.24, 2.45) is 0 Å². The molecule has 3 aromatic heterocycles. The Morgan fingerprint density at radius 1 is 1.17 bits per heavy atom. The normalized spacial score (nSPS) is 10.4. The molecule has 3 heterocycles. The zero-order valence-electron chi connectivity index (χ0n) is 12.3. The highest BCUT2D eigenvalue weighted by atomic mass is 16.1. The molecule has 0 atom stereocenters. The molecule has 0 aliphatic carbocycles. The molecule has 0 radical (unpaired) electrons. The van der Waals surface area contributed by atoms with Gasteiger partial charge >= 0.3 is 0 Å². The molecule has 23 heavy (non-hydrogen) atoms. The first-order chi connectivity index (χ1) is 11.3. The first-order valence-corrected chi connectivity index (χ1v) is 7.18. The number of aromatic nitrogens is 6. The number of hydrogen-bond donors (Lipinski definition) is 1. The van der Waals surface area contributed by atoms with Gasteiger partial charge in [-0.25, -0.2) is 9.97 Å². The van der Waals surface area contributed by atoms with Crippen LogP contribution < -0.4 is 5.32 Å². The first-order valence-electron chi connectivity index (χ1n) is 7.18. The molecule has 8 heteroatoms. The SMILES string of the molecule is O=C(NCCCn1ccnn1)c1cnc(-c2cccnc2)nc1. The van der Waals surface area contributed by atoms with Gasteiger partial charge in [0.2, 0.25) is 0 Å². The minimum absolute atomic E-state index is 0.193. The number of aryl methyl sites for hydroxylation is 1. The molecule has 0 unspecified atom stereocenters. The summed E-state index contributed by atoms with van der Waals surface area (Å²) in [5, 5.41) is 10.4. The lowest BCUT2D eigenvalue weighted by atomic mass is 10.2. The number of amides is 1. The lowest BCUT2D eigenvalue weighted by molar-refractivity contribution is 0.0952. The van der Waals surface area contributed by atoms with E-state index in [2.05, 4.69) is 30.6 Å². The van der Waals surface area contributed by atoms with Crippen LogP contribution in [0.3, 0.4) is 0 Å². The Bertz CT molecular complexity index is 741. The molecule has 1 amide bonds. The number of pyridine rings is 1. The van der Waals surface area contributed by atoms with Gasteiger partial charge in [-0.2, -0.15) is 0 Å². The largest absolute Gasteiger partial charge is 0.352 e. The van der Waals surface area contributed by atoms with Crippen LogP contribution in [-0.2, 0) is 6.54 Å². The van der Waals surface area contributed by atoms with Gasteiger partial charge in [-0.1, -0.05) is 5.21 Å². The van der Waals surface area contributed by atoms with Crippen molar-refractivity contribution in [1.82, 2.24) is 35.3 Å². The van der Waals surface area contributed by atoms with E-state index >= 15 is 0 Å². The van der Waals surface area contributed by atoms with E-state index in [-0.39, 0.29) is 5.91 Å². The van der Waals surface area contributed by atoms with Crippen molar-refractivity contribution in [3.05, 3.63) is 54.9 Å². The van der Waals surface area contributed by atoms with Crippen molar-refractivity contribution in [1.29, 1.82) is 0 Å². The summed E-state index contributed by atoms with van der Waals surface area (Å²) in [6.07, 6.45) is 10.6. The number of carbonyl (C=O) groups excluding carboxylic acids is 1. The number of nitrogens with zero attached hydrogens (tertiary/aromatic N) is 6. The quantitative estimate of drug-likeness (QED) is 0.681. The second kappa shape index (κ2) is 7.21. The molecule has 1 N–H and O–H groups in total. The van der Waals surface area contributed by atoms with E-state index in [1.165, 1.54) is 12.4 Å². The van der Waals surface area contributed by atoms with E-state index in [0.29, 0.717) is 24.5 Å². The molecule has 0 bridgehead atoms. The number of carbonyl (C=O) groups is 1. The van der Waals surface area contributed by atoms with Gasteiger partial charge in [0.15, 0.2) is 5.82 Å². The summed E-state index contributed by atoms with van der Waals surface area (Å²) >= 11 is 0. The average Bonchev–Trinajstić information content (AvgIpc) is 3.13. The molecule has 0 aliphatic heterocycles. The van der Waals surface area contributed by atoms with Crippen LogP contribution in [0.25, 0.3) is 11.4 Å². The molecule has 0 fully saturated rings. The Labute approximate surface area is 132 Å².